The minimum atomic E-state index is -0.461. The number of aromatic amines is 1. The van der Waals surface area contributed by atoms with Crippen LogP contribution in [-0.2, 0) is 17.7 Å². The highest BCUT2D eigenvalue weighted by Crippen LogP contribution is 2.21. The molecule has 7 heteroatoms. The first-order valence-electron chi connectivity index (χ1n) is 6.55. The van der Waals surface area contributed by atoms with Gasteiger partial charge in [-0.15, -0.1) is 0 Å². The third kappa shape index (κ3) is 2.37. The summed E-state index contributed by atoms with van der Waals surface area (Å²) in [5.74, 6) is -0.590. The number of carbonyl (C=O) groups excluding carboxylic acids is 2. The van der Waals surface area contributed by atoms with Crippen molar-refractivity contribution < 1.29 is 14.3 Å². The molecule has 0 fully saturated rings. The number of methoxy groups -OCH3 is 1. The lowest BCUT2D eigenvalue weighted by Crippen LogP contribution is -2.36. The Kier molecular flexibility index (Phi) is 3.39. The monoisotopic (exact) mass is 286 g/mol. The Bertz CT molecular complexity index is 681. The summed E-state index contributed by atoms with van der Waals surface area (Å²) in [6.07, 6.45) is 2.16. The zero-order valence-electron chi connectivity index (χ0n) is 11.5. The van der Waals surface area contributed by atoms with Gasteiger partial charge in [0.1, 0.15) is 5.69 Å². The number of hydrogen-bond acceptors (Lipinski definition) is 5. The second-order valence-electron chi connectivity index (χ2n) is 4.71. The maximum atomic E-state index is 12.3. The molecule has 21 heavy (non-hydrogen) atoms. The van der Waals surface area contributed by atoms with E-state index in [4.69, 9.17) is 4.74 Å². The Balaban J connectivity index is 1.81. The molecule has 2 aromatic rings. The summed E-state index contributed by atoms with van der Waals surface area (Å²) in [6.45, 7) is 0.903. The lowest BCUT2D eigenvalue weighted by molar-refractivity contribution is 0.0592. The van der Waals surface area contributed by atoms with Gasteiger partial charge in [-0.25, -0.2) is 4.79 Å². The average molecular weight is 286 g/mol. The number of rotatable bonds is 2. The van der Waals surface area contributed by atoms with Crippen LogP contribution in [0.5, 0.6) is 0 Å². The molecule has 0 atom stereocenters. The Morgan fingerprint density at radius 2 is 2.24 bits per heavy atom. The number of nitrogens with one attached hydrogen (secondary N) is 1. The van der Waals surface area contributed by atoms with Crippen LogP contribution >= 0.6 is 0 Å². The van der Waals surface area contributed by atoms with Gasteiger partial charge >= 0.3 is 5.97 Å². The van der Waals surface area contributed by atoms with E-state index in [2.05, 4.69) is 15.2 Å². The van der Waals surface area contributed by atoms with E-state index in [0.29, 0.717) is 30.9 Å². The van der Waals surface area contributed by atoms with Crippen LogP contribution in [0.15, 0.2) is 24.4 Å². The van der Waals surface area contributed by atoms with Gasteiger partial charge in [-0.3, -0.25) is 14.9 Å². The molecule has 0 aliphatic carbocycles. The lowest BCUT2D eigenvalue weighted by atomic mass is 10.0. The number of esters is 1. The van der Waals surface area contributed by atoms with Crippen molar-refractivity contribution >= 4 is 11.9 Å². The second-order valence-corrected chi connectivity index (χ2v) is 4.71. The SMILES string of the molecule is COC(=O)c1n[nH]c2c1CCN(C(=O)c1ccccn1)C2. The predicted octanol–water partition coefficient (Wildman–Crippen LogP) is 0.790. The van der Waals surface area contributed by atoms with Gasteiger partial charge in [-0.1, -0.05) is 6.07 Å². The van der Waals surface area contributed by atoms with Gasteiger partial charge in [0.2, 0.25) is 0 Å². The Labute approximate surface area is 120 Å². The summed E-state index contributed by atoms with van der Waals surface area (Å²) in [7, 11) is 1.32. The second kappa shape index (κ2) is 5.35. The Morgan fingerprint density at radius 3 is 2.95 bits per heavy atom. The molecule has 2 aromatic heterocycles. The third-order valence-corrected chi connectivity index (χ3v) is 3.48. The van der Waals surface area contributed by atoms with Crippen molar-refractivity contribution in [3.05, 3.63) is 47.0 Å². The van der Waals surface area contributed by atoms with Crippen molar-refractivity contribution in [2.45, 2.75) is 13.0 Å². The smallest absolute Gasteiger partial charge is 0.358 e. The maximum absolute atomic E-state index is 12.3. The average Bonchev–Trinajstić information content (AvgIpc) is 2.97. The third-order valence-electron chi connectivity index (χ3n) is 3.48. The van der Waals surface area contributed by atoms with Gasteiger partial charge in [-0.05, 0) is 18.6 Å². The van der Waals surface area contributed by atoms with Gasteiger partial charge in [-0.2, -0.15) is 5.10 Å². The van der Waals surface area contributed by atoms with Gasteiger partial charge in [0, 0.05) is 18.3 Å². The molecule has 108 valence electrons. The molecule has 7 nitrogen and oxygen atoms in total. The Hall–Kier alpha value is -2.70. The zero-order valence-corrected chi connectivity index (χ0v) is 11.5. The molecule has 0 spiro atoms. The van der Waals surface area contributed by atoms with Crippen LogP contribution in [0.3, 0.4) is 0 Å². The van der Waals surface area contributed by atoms with Crippen molar-refractivity contribution in [1.82, 2.24) is 20.1 Å². The molecular weight excluding hydrogens is 272 g/mol. The van der Waals surface area contributed by atoms with Crippen molar-refractivity contribution in [3.8, 4) is 0 Å². The number of hydrogen-bond donors (Lipinski definition) is 1. The van der Waals surface area contributed by atoms with Crippen LogP contribution in [-0.4, -0.2) is 45.6 Å². The van der Waals surface area contributed by atoms with Crippen LogP contribution in [0.4, 0.5) is 0 Å². The fraction of sp³-hybridized carbons (Fsp3) is 0.286. The van der Waals surface area contributed by atoms with Gasteiger partial charge < -0.3 is 9.64 Å². The van der Waals surface area contributed by atoms with E-state index < -0.39 is 5.97 Å². The number of ether oxygens (including phenoxy) is 1. The summed E-state index contributed by atoms with van der Waals surface area (Å²) in [5.41, 5.74) is 2.31. The van der Waals surface area contributed by atoms with Crippen LogP contribution in [0.2, 0.25) is 0 Å². The minimum Gasteiger partial charge on any atom is -0.464 e. The number of nitrogens with zero attached hydrogens (tertiary/aromatic N) is 3. The lowest BCUT2D eigenvalue weighted by Gasteiger charge is -2.26. The molecule has 3 heterocycles. The number of aromatic nitrogens is 3. The molecule has 0 aromatic carbocycles. The quantitative estimate of drug-likeness (QED) is 0.825. The standard InChI is InChI=1S/C14H14N4O3/c1-21-14(20)12-9-5-7-18(8-11(9)16-17-12)13(19)10-4-2-3-6-15-10/h2-4,6H,5,7-8H2,1H3,(H,16,17). The summed E-state index contributed by atoms with van der Waals surface area (Å²) < 4.78 is 4.69. The van der Waals surface area contributed by atoms with Crippen LogP contribution in [0.1, 0.15) is 32.2 Å². The summed E-state index contributed by atoms with van der Waals surface area (Å²) in [5, 5.41) is 6.79. The fourth-order valence-corrected chi connectivity index (χ4v) is 2.41. The van der Waals surface area contributed by atoms with Crippen LogP contribution in [0, 0.1) is 0 Å². The number of carbonyl (C=O) groups is 2. The van der Waals surface area contributed by atoms with E-state index >= 15 is 0 Å². The summed E-state index contributed by atoms with van der Waals surface area (Å²) in [4.78, 5) is 29.7. The number of pyridine rings is 1. The molecule has 0 bridgehead atoms. The normalized spacial score (nSPS) is 13.7. The molecule has 1 aliphatic rings. The summed E-state index contributed by atoms with van der Waals surface area (Å²) in [6, 6.07) is 5.23. The van der Waals surface area contributed by atoms with Crippen molar-refractivity contribution in [2.75, 3.05) is 13.7 Å². The van der Waals surface area contributed by atoms with Crippen LogP contribution in [0.25, 0.3) is 0 Å². The number of amides is 1. The van der Waals surface area contributed by atoms with E-state index in [0.717, 1.165) is 11.3 Å². The van der Waals surface area contributed by atoms with E-state index in [1.165, 1.54) is 7.11 Å². The first-order chi connectivity index (χ1) is 10.2. The first-order valence-corrected chi connectivity index (χ1v) is 6.55. The highest BCUT2D eigenvalue weighted by atomic mass is 16.5. The van der Waals surface area contributed by atoms with Gasteiger partial charge in [0.25, 0.3) is 5.91 Å². The molecule has 0 unspecified atom stereocenters. The summed E-state index contributed by atoms with van der Waals surface area (Å²) >= 11 is 0. The van der Waals surface area contributed by atoms with E-state index in [-0.39, 0.29) is 5.91 Å². The molecule has 1 N–H and O–H groups in total. The largest absolute Gasteiger partial charge is 0.464 e. The molecule has 0 radical (unpaired) electrons. The maximum Gasteiger partial charge on any atom is 0.358 e. The highest BCUT2D eigenvalue weighted by molar-refractivity contribution is 5.93. The fourth-order valence-electron chi connectivity index (χ4n) is 2.41. The first kappa shape index (κ1) is 13.3. The van der Waals surface area contributed by atoms with Crippen molar-refractivity contribution in [3.63, 3.8) is 0 Å². The topological polar surface area (TPSA) is 88.2 Å². The molecule has 0 saturated carbocycles. The molecule has 1 amide bonds. The highest BCUT2D eigenvalue weighted by Gasteiger charge is 2.28. The number of H-pyrrole nitrogens is 1. The predicted molar refractivity (Wildman–Crippen MR) is 72.6 cm³/mol. The Morgan fingerprint density at radius 1 is 1.38 bits per heavy atom. The molecule has 1 aliphatic heterocycles. The van der Waals surface area contributed by atoms with Crippen LogP contribution < -0.4 is 0 Å². The van der Waals surface area contributed by atoms with E-state index in [1.54, 1.807) is 29.3 Å². The van der Waals surface area contributed by atoms with Gasteiger partial charge in [0.15, 0.2) is 5.69 Å². The van der Waals surface area contributed by atoms with Gasteiger partial charge in [0.05, 0.1) is 19.3 Å². The molecule has 0 saturated heterocycles. The zero-order chi connectivity index (χ0) is 14.8. The van der Waals surface area contributed by atoms with E-state index in [1.807, 2.05) is 0 Å². The van der Waals surface area contributed by atoms with E-state index in [9.17, 15) is 9.59 Å². The minimum absolute atomic E-state index is 0.129. The number of fused-ring (bicyclic) bond motifs is 1. The van der Waals surface area contributed by atoms with Crippen molar-refractivity contribution in [1.29, 1.82) is 0 Å². The van der Waals surface area contributed by atoms with Crippen molar-refractivity contribution in [2.24, 2.45) is 0 Å². The molecular formula is C14H14N4O3. The molecule has 3 rings (SSSR count).